The fourth-order valence-corrected chi connectivity index (χ4v) is 1.81. The molecule has 0 spiro atoms. The fourth-order valence-electron chi connectivity index (χ4n) is 1.64. The number of aromatic hydroxyl groups is 1. The second-order valence-corrected chi connectivity index (χ2v) is 4.27. The molecule has 6 heteroatoms. The highest BCUT2D eigenvalue weighted by Crippen LogP contribution is 2.40. The van der Waals surface area contributed by atoms with Gasteiger partial charge in [-0.05, 0) is 36.6 Å². The smallest absolute Gasteiger partial charge is 0.416 e. The molecule has 3 N–H and O–H groups in total. The van der Waals surface area contributed by atoms with Crippen molar-refractivity contribution in [1.29, 1.82) is 0 Å². The van der Waals surface area contributed by atoms with Crippen molar-refractivity contribution in [3.63, 3.8) is 0 Å². The van der Waals surface area contributed by atoms with E-state index in [1.807, 2.05) is 0 Å². The SMILES string of the molecule is CC(CCN)c1cc(Cl)c(O)cc1C(F)(F)F. The molecule has 0 heterocycles. The van der Waals surface area contributed by atoms with Gasteiger partial charge in [-0.2, -0.15) is 13.2 Å². The fraction of sp³-hybridized carbons (Fsp3) is 0.455. The van der Waals surface area contributed by atoms with Crippen LogP contribution in [-0.4, -0.2) is 11.7 Å². The van der Waals surface area contributed by atoms with E-state index >= 15 is 0 Å². The van der Waals surface area contributed by atoms with Crippen molar-refractivity contribution in [2.24, 2.45) is 5.73 Å². The third kappa shape index (κ3) is 3.26. The number of alkyl halides is 3. The maximum Gasteiger partial charge on any atom is 0.416 e. The molecular weight excluding hydrogens is 255 g/mol. The van der Waals surface area contributed by atoms with Crippen LogP contribution in [0.25, 0.3) is 0 Å². The zero-order valence-corrected chi connectivity index (χ0v) is 9.94. The summed E-state index contributed by atoms with van der Waals surface area (Å²) in [7, 11) is 0. The van der Waals surface area contributed by atoms with Crippen molar-refractivity contribution < 1.29 is 18.3 Å². The molecule has 0 aromatic heterocycles. The number of benzene rings is 1. The first-order valence-corrected chi connectivity index (χ1v) is 5.44. The third-order valence-corrected chi connectivity index (χ3v) is 2.86. The Morgan fingerprint density at radius 2 is 2.00 bits per heavy atom. The lowest BCUT2D eigenvalue weighted by molar-refractivity contribution is -0.138. The van der Waals surface area contributed by atoms with Crippen molar-refractivity contribution >= 4 is 11.6 Å². The molecule has 0 fully saturated rings. The molecule has 1 aromatic rings. The van der Waals surface area contributed by atoms with Gasteiger partial charge in [0.05, 0.1) is 10.6 Å². The molecule has 0 saturated carbocycles. The number of hydrogen-bond acceptors (Lipinski definition) is 2. The first-order chi connectivity index (χ1) is 7.77. The number of rotatable bonds is 3. The average Bonchev–Trinajstić information content (AvgIpc) is 2.20. The van der Waals surface area contributed by atoms with E-state index in [9.17, 15) is 18.3 Å². The topological polar surface area (TPSA) is 46.2 Å². The summed E-state index contributed by atoms with van der Waals surface area (Å²) >= 11 is 5.63. The van der Waals surface area contributed by atoms with Gasteiger partial charge < -0.3 is 10.8 Å². The van der Waals surface area contributed by atoms with Gasteiger partial charge in [0.2, 0.25) is 0 Å². The number of hydrogen-bond donors (Lipinski definition) is 2. The van der Waals surface area contributed by atoms with E-state index in [0.29, 0.717) is 12.5 Å². The molecule has 1 rings (SSSR count). The van der Waals surface area contributed by atoms with Gasteiger partial charge in [-0.15, -0.1) is 0 Å². The Morgan fingerprint density at radius 3 is 2.47 bits per heavy atom. The molecule has 0 amide bonds. The lowest BCUT2D eigenvalue weighted by Gasteiger charge is -2.18. The van der Waals surface area contributed by atoms with Crippen LogP contribution in [0.5, 0.6) is 5.75 Å². The molecule has 0 saturated heterocycles. The average molecular weight is 268 g/mol. The quantitative estimate of drug-likeness (QED) is 0.880. The number of nitrogens with two attached hydrogens (primary N) is 1. The highest BCUT2D eigenvalue weighted by Gasteiger charge is 2.35. The summed E-state index contributed by atoms with van der Waals surface area (Å²) in [6.45, 7) is 1.93. The summed E-state index contributed by atoms with van der Waals surface area (Å²) in [6.07, 6.45) is -4.09. The standard InChI is InChI=1S/C11H13ClF3NO/c1-6(2-3-16)7-4-9(12)10(17)5-8(7)11(13,14)15/h4-6,17H,2-3,16H2,1H3. The molecule has 0 aliphatic heterocycles. The maximum absolute atomic E-state index is 12.8. The summed E-state index contributed by atoms with van der Waals surface area (Å²) in [4.78, 5) is 0. The summed E-state index contributed by atoms with van der Waals surface area (Å²) in [6, 6.07) is 1.81. The van der Waals surface area contributed by atoms with Gasteiger partial charge in [-0.1, -0.05) is 18.5 Å². The number of phenols is 1. The van der Waals surface area contributed by atoms with Crippen LogP contribution in [0.2, 0.25) is 5.02 Å². The van der Waals surface area contributed by atoms with Gasteiger partial charge in [0.25, 0.3) is 0 Å². The van der Waals surface area contributed by atoms with Crippen molar-refractivity contribution in [2.75, 3.05) is 6.54 Å². The molecular formula is C11H13ClF3NO. The van der Waals surface area contributed by atoms with Crippen molar-refractivity contribution in [1.82, 2.24) is 0 Å². The molecule has 0 aliphatic rings. The molecule has 0 bridgehead atoms. The van der Waals surface area contributed by atoms with Crippen molar-refractivity contribution in [2.45, 2.75) is 25.4 Å². The number of halogens is 4. The van der Waals surface area contributed by atoms with E-state index in [1.54, 1.807) is 6.92 Å². The van der Waals surface area contributed by atoms with Gasteiger partial charge in [0.1, 0.15) is 5.75 Å². The minimum atomic E-state index is -4.51. The lowest BCUT2D eigenvalue weighted by Crippen LogP contribution is -2.13. The monoisotopic (exact) mass is 267 g/mol. The molecule has 17 heavy (non-hydrogen) atoms. The van der Waals surface area contributed by atoms with E-state index in [2.05, 4.69) is 0 Å². The van der Waals surface area contributed by atoms with Crippen LogP contribution in [0.4, 0.5) is 13.2 Å². The molecule has 2 nitrogen and oxygen atoms in total. The van der Waals surface area contributed by atoms with Gasteiger partial charge >= 0.3 is 6.18 Å². The Morgan fingerprint density at radius 1 is 1.41 bits per heavy atom. The van der Waals surface area contributed by atoms with Crippen LogP contribution in [0, 0.1) is 0 Å². The van der Waals surface area contributed by atoms with Crippen LogP contribution >= 0.6 is 11.6 Å². The second-order valence-electron chi connectivity index (χ2n) is 3.87. The highest BCUT2D eigenvalue weighted by atomic mass is 35.5. The summed E-state index contributed by atoms with van der Waals surface area (Å²) in [5.74, 6) is -0.933. The van der Waals surface area contributed by atoms with Gasteiger partial charge in [0.15, 0.2) is 0 Å². The van der Waals surface area contributed by atoms with Crippen molar-refractivity contribution in [3.05, 3.63) is 28.3 Å². The van der Waals surface area contributed by atoms with Crippen LogP contribution in [-0.2, 0) is 6.18 Å². The predicted molar refractivity (Wildman–Crippen MR) is 60.2 cm³/mol. The van der Waals surface area contributed by atoms with Crippen molar-refractivity contribution in [3.8, 4) is 5.75 Å². The Balaban J connectivity index is 3.31. The molecule has 96 valence electrons. The minimum absolute atomic E-state index is 0.0609. The van der Waals surface area contributed by atoms with E-state index in [1.165, 1.54) is 0 Å². The van der Waals surface area contributed by atoms with E-state index in [-0.39, 0.29) is 23.0 Å². The van der Waals surface area contributed by atoms with Gasteiger partial charge in [-0.3, -0.25) is 0 Å². The van der Waals surface area contributed by atoms with E-state index in [4.69, 9.17) is 17.3 Å². The Bertz CT molecular complexity index is 406. The normalized spacial score (nSPS) is 13.8. The summed E-state index contributed by atoms with van der Waals surface area (Å²) < 4.78 is 38.3. The molecule has 0 aliphatic carbocycles. The Labute approximate surface area is 102 Å². The van der Waals surface area contributed by atoms with Crippen LogP contribution < -0.4 is 5.73 Å². The van der Waals surface area contributed by atoms with Crippen LogP contribution in [0.1, 0.15) is 30.4 Å². The molecule has 1 unspecified atom stereocenters. The minimum Gasteiger partial charge on any atom is -0.506 e. The second kappa shape index (κ2) is 5.14. The predicted octanol–water partition coefficient (Wildman–Crippen LogP) is 3.52. The molecule has 1 atom stereocenters. The molecule has 0 radical (unpaired) electrons. The van der Waals surface area contributed by atoms with Gasteiger partial charge in [-0.25, -0.2) is 0 Å². The zero-order chi connectivity index (χ0) is 13.2. The first-order valence-electron chi connectivity index (χ1n) is 5.07. The van der Waals surface area contributed by atoms with Gasteiger partial charge in [0, 0.05) is 0 Å². The maximum atomic E-state index is 12.8. The van der Waals surface area contributed by atoms with Crippen LogP contribution in [0.15, 0.2) is 12.1 Å². The Hall–Kier alpha value is -0.940. The summed E-state index contributed by atoms with van der Waals surface area (Å²) in [5.41, 5.74) is 4.53. The summed E-state index contributed by atoms with van der Waals surface area (Å²) in [5, 5.41) is 9.16. The molecule has 1 aromatic carbocycles. The van der Waals surface area contributed by atoms with E-state index in [0.717, 1.165) is 6.07 Å². The van der Waals surface area contributed by atoms with Crippen LogP contribution in [0.3, 0.4) is 0 Å². The highest BCUT2D eigenvalue weighted by molar-refractivity contribution is 6.32. The third-order valence-electron chi connectivity index (χ3n) is 2.55. The largest absolute Gasteiger partial charge is 0.506 e. The van der Waals surface area contributed by atoms with E-state index < -0.39 is 17.5 Å². The number of phenolic OH excluding ortho intramolecular Hbond substituents is 1. The first kappa shape index (κ1) is 14.1. The lowest BCUT2D eigenvalue weighted by atomic mass is 9.92. The zero-order valence-electron chi connectivity index (χ0n) is 9.18. The Kier molecular flexibility index (Phi) is 4.27.